The van der Waals surface area contributed by atoms with Crippen molar-refractivity contribution in [2.45, 2.75) is 57.8 Å². The first-order chi connectivity index (χ1) is 6.38. The minimum atomic E-state index is 0.498. The summed E-state index contributed by atoms with van der Waals surface area (Å²) in [7, 11) is 0. The van der Waals surface area contributed by atoms with E-state index < -0.39 is 0 Å². The first kappa shape index (κ1) is 9.23. The maximum atomic E-state index is 11.6. The normalized spacial score (nSPS) is 36.2. The fraction of sp³-hybridized carbons (Fsp3) is 0.917. The Bertz CT molecular complexity index is 186. The van der Waals surface area contributed by atoms with Gasteiger partial charge in [0.2, 0.25) is 0 Å². The second-order valence-electron chi connectivity index (χ2n) is 4.73. The van der Waals surface area contributed by atoms with Gasteiger partial charge in [-0.2, -0.15) is 0 Å². The van der Waals surface area contributed by atoms with Crippen LogP contribution < -0.4 is 0 Å². The molecule has 0 unspecified atom stereocenters. The minimum absolute atomic E-state index is 0.498. The summed E-state index contributed by atoms with van der Waals surface area (Å²) in [6, 6.07) is 0. The Labute approximate surface area is 80.9 Å². The van der Waals surface area contributed by atoms with Crippen LogP contribution in [-0.2, 0) is 4.79 Å². The van der Waals surface area contributed by atoms with Crippen LogP contribution in [0.3, 0.4) is 0 Å². The van der Waals surface area contributed by atoms with E-state index in [4.69, 9.17) is 0 Å². The van der Waals surface area contributed by atoms with Crippen molar-refractivity contribution in [2.75, 3.05) is 0 Å². The molecule has 0 saturated heterocycles. The van der Waals surface area contributed by atoms with Crippen LogP contribution in [0.15, 0.2) is 0 Å². The van der Waals surface area contributed by atoms with E-state index >= 15 is 0 Å². The highest BCUT2D eigenvalue weighted by molar-refractivity contribution is 5.83. The van der Waals surface area contributed by atoms with Gasteiger partial charge in [0.05, 0.1) is 0 Å². The molecule has 1 nitrogen and oxygen atoms in total. The van der Waals surface area contributed by atoms with E-state index in [2.05, 4.69) is 0 Å². The molecule has 0 amide bonds. The molecule has 0 N–H and O–H groups in total. The number of hydrogen-bond donors (Lipinski definition) is 0. The predicted octanol–water partition coefficient (Wildman–Crippen LogP) is 3.33. The lowest BCUT2D eigenvalue weighted by atomic mass is 10.1. The lowest BCUT2D eigenvalue weighted by Crippen LogP contribution is -2.01. The molecule has 2 rings (SSSR count). The van der Waals surface area contributed by atoms with Gasteiger partial charge < -0.3 is 0 Å². The van der Waals surface area contributed by atoms with Gasteiger partial charge >= 0.3 is 0 Å². The molecule has 2 atom stereocenters. The lowest BCUT2D eigenvalue weighted by molar-refractivity contribution is -0.120. The van der Waals surface area contributed by atoms with E-state index in [0.29, 0.717) is 11.7 Å². The summed E-state index contributed by atoms with van der Waals surface area (Å²) in [6.07, 6.45) is 11.4. The molecule has 0 aromatic carbocycles. The van der Waals surface area contributed by atoms with Crippen LogP contribution in [0.1, 0.15) is 57.8 Å². The highest BCUT2D eigenvalue weighted by Gasteiger charge is 2.41. The van der Waals surface area contributed by atoms with Gasteiger partial charge in [-0.25, -0.2) is 0 Å². The smallest absolute Gasteiger partial charge is 0.136 e. The van der Waals surface area contributed by atoms with E-state index in [9.17, 15) is 4.79 Å². The van der Waals surface area contributed by atoms with Crippen molar-refractivity contribution in [1.82, 2.24) is 0 Å². The molecule has 2 fully saturated rings. The molecule has 13 heavy (non-hydrogen) atoms. The van der Waals surface area contributed by atoms with E-state index in [1.807, 2.05) is 0 Å². The van der Waals surface area contributed by atoms with E-state index in [1.54, 1.807) is 0 Å². The molecule has 2 saturated carbocycles. The molecular weight excluding hydrogens is 160 g/mol. The number of Topliss-reactive ketones (excluding diaryl/α,β-unsaturated/α-hetero) is 1. The Hall–Kier alpha value is -0.330. The maximum absolute atomic E-state index is 11.6. The van der Waals surface area contributed by atoms with E-state index in [0.717, 1.165) is 18.8 Å². The molecular formula is C12H20O. The van der Waals surface area contributed by atoms with Crippen molar-refractivity contribution in [1.29, 1.82) is 0 Å². The molecule has 0 spiro atoms. The standard InChI is InChI=1S/C12H20O/c13-12-8-6-4-2-1-3-5-7-10-9-11(10)12/h10-11H,1-9H2/t10-,11+/m0/s1. The zero-order valence-corrected chi connectivity index (χ0v) is 8.43. The van der Waals surface area contributed by atoms with E-state index in [1.165, 1.54) is 44.9 Å². The third-order valence-corrected chi connectivity index (χ3v) is 3.58. The van der Waals surface area contributed by atoms with Crippen LogP contribution in [0.5, 0.6) is 0 Å². The molecule has 0 bridgehead atoms. The summed E-state index contributed by atoms with van der Waals surface area (Å²) in [5.74, 6) is 1.87. The number of carbonyl (C=O) groups is 1. The fourth-order valence-corrected chi connectivity index (χ4v) is 2.56. The van der Waals surface area contributed by atoms with Gasteiger partial charge in [-0.3, -0.25) is 4.79 Å². The molecule has 0 radical (unpaired) electrons. The predicted molar refractivity (Wildman–Crippen MR) is 53.5 cm³/mol. The van der Waals surface area contributed by atoms with Crippen LogP contribution in [0.25, 0.3) is 0 Å². The van der Waals surface area contributed by atoms with Gasteiger partial charge in [0, 0.05) is 12.3 Å². The average molecular weight is 180 g/mol. The number of ketones is 1. The lowest BCUT2D eigenvalue weighted by Gasteiger charge is -1.98. The zero-order valence-electron chi connectivity index (χ0n) is 8.43. The summed E-state index contributed by atoms with van der Waals surface area (Å²) in [5.41, 5.74) is 0. The summed E-state index contributed by atoms with van der Waals surface area (Å²) in [6.45, 7) is 0. The zero-order chi connectivity index (χ0) is 9.10. The van der Waals surface area contributed by atoms with Gasteiger partial charge in [0.15, 0.2) is 0 Å². The van der Waals surface area contributed by atoms with Crippen LogP contribution in [0.2, 0.25) is 0 Å². The van der Waals surface area contributed by atoms with Crippen LogP contribution in [0.4, 0.5) is 0 Å². The van der Waals surface area contributed by atoms with Gasteiger partial charge in [-0.05, 0) is 25.2 Å². The Kier molecular flexibility index (Phi) is 3.02. The summed E-state index contributed by atoms with van der Waals surface area (Å²) in [4.78, 5) is 11.6. The molecule has 74 valence electrons. The third kappa shape index (κ3) is 2.55. The Morgan fingerprint density at radius 1 is 0.923 bits per heavy atom. The van der Waals surface area contributed by atoms with Crippen molar-refractivity contribution >= 4 is 5.78 Å². The molecule has 2 aliphatic carbocycles. The first-order valence-electron chi connectivity index (χ1n) is 5.90. The van der Waals surface area contributed by atoms with Crippen LogP contribution in [0, 0.1) is 11.8 Å². The SMILES string of the molecule is O=C1CCCCCCCC[C@H]2C[C@@H]12. The molecule has 0 aromatic heterocycles. The monoisotopic (exact) mass is 180 g/mol. The van der Waals surface area contributed by atoms with Gasteiger partial charge in [0.1, 0.15) is 5.78 Å². The highest BCUT2D eigenvalue weighted by atomic mass is 16.1. The Morgan fingerprint density at radius 3 is 2.46 bits per heavy atom. The van der Waals surface area contributed by atoms with Crippen molar-refractivity contribution in [3.05, 3.63) is 0 Å². The van der Waals surface area contributed by atoms with Crippen LogP contribution >= 0.6 is 0 Å². The number of rotatable bonds is 0. The van der Waals surface area contributed by atoms with Gasteiger partial charge in [-0.15, -0.1) is 0 Å². The number of fused-ring (bicyclic) bond motifs is 1. The van der Waals surface area contributed by atoms with Crippen molar-refractivity contribution in [3.8, 4) is 0 Å². The molecule has 0 aromatic rings. The van der Waals surface area contributed by atoms with Crippen molar-refractivity contribution in [3.63, 3.8) is 0 Å². The summed E-state index contributed by atoms with van der Waals surface area (Å²) in [5, 5.41) is 0. The molecule has 0 heterocycles. The molecule has 0 aliphatic heterocycles. The number of carbonyl (C=O) groups excluding carboxylic acids is 1. The minimum Gasteiger partial charge on any atom is -0.299 e. The Balaban J connectivity index is 1.81. The fourth-order valence-electron chi connectivity index (χ4n) is 2.56. The number of hydrogen-bond acceptors (Lipinski definition) is 1. The van der Waals surface area contributed by atoms with E-state index in [-0.39, 0.29) is 0 Å². The Morgan fingerprint density at radius 2 is 1.62 bits per heavy atom. The molecule has 2 aliphatic rings. The quantitative estimate of drug-likeness (QED) is 0.559. The van der Waals surface area contributed by atoms with Gasteiger partial charge in [-0.1, -0.05) is 32.1 Å². The van der Waals surface area contributed by atoms with Gasteiger partial charge in [0.25, 0.3) is 0 Å². The third-order valence-electron chi connectivity index (χ3n) is 3.58. The largest absolute Gasteiger partial charge is 0.299 e. The topological polar surface area (TPSA) is 17.1 Å². The van der Waals surface area contributed by atoms with Crippen molar-refractivity contribution < 1.29 is 4.79 Å². The van der Waals surface area contributed by atoms with Crippen molar-refractivity contribution in [2.24, 2.45) is 11.8 Å². The van der Waals surface area contributed by atoms with Crippen LogP contribution in [-0.4, -0.2) is 5.78 Å². The first-order valence-corrected chi connectivity index (χ1v) is 5.90. The second kappa shape index (κ2) is 4.26. The summed E-state index contributed by atoms with van der Waals surface area (Å²) < 4.78 is 0. The average Bonchev–Trinajstić information content (AvgIpc) is 2.87. The maximum Gasteiger partial charge on any atom is 0.136 e. The highest BCUT2D eigenvalue weighted by Crippen LogP contribution is 2.44. The summed E-state index contributed by atoms with van der Waals surface area (Å²) >= 11 is 0. The second-order valence-corrected chi connectivity index (χ2v) is 4.73. The molecule has 1 heteroatoms.